The minimum atomic E-state index is 0.405. The highest BCUT2D eigenvalue weighted by Crippen LogP contribution is 2.20. The van der Waals surface area contributed by atoms with Gasteiger partial charge in [0.1, 0.15) is 5.75 Å². The molecule has 1 fully saturated rings. The van der Waals surface area contributed by atoms with Crippen LogP contribution >= 0.6 is 0 Å². The van der Waals surface area contributed by atoms with Crippen LogP contribution in [0.25, 0.3) is 0 Å². The molecule has 0 bridgehead atoms. The van der Waals surface area contributed by atoms with Crippen LogP contribution in [0.15, 0.2) is 24.3 Å². The smallest absolute Gasteiger partial charge is 0.120 e. The van der Waals surface area contributed by atoms with E-state index in [9.17, 15) is 5.11 Å². The van der Waals surface area contributed by atoms with Gasteiger partial charge in [0, 0.05) is 30.7 Å². The zero-order valence-electron chi connectivity index (χ0n) is 11.4. The molecule has 1 saturated heterocycles. The molecule has 1 aromatic rings. The predicted octanol–water partition coefficient (Wildman–Crippen LogP) is 2.35. The lowest BCUT2D eigenvalue weighted by atomic mass is 10.1. The van der Waals surface area contributed by atoms with Gasteiger partial charge in [-0.2, -0.15) is 0 Å². The molecule has 0 amide bonds. The maximum Gasteiger partial charge on any atom is 0.120 e. The molecule has 2 rings (SSSR count). The third-order valence-corrected chi connectivity index (χ3v) is 3.71. The van der Waals surface area contributed by atoms with Crippen molar-refractivity contribution in [1.82, 2.24) is 10.2 Å². The highest BCUT2D eigenvalue weighted by molar-refractivity contribution is 5.31. The Labute approximate surface area is 110 Å². The zero-order chi connectivity index (χ0) is 13.0. The summed E-state index contributed by atoms with van der Waals surface area (Å²) in [6, 6.07) is 8.73. The van der Waals surface area contributed by atoms with Crippen LogP contribution in [-0.2, 0) is 6.54 Å². The Kier molecular flexibility index (Phi) is 4.61. The Morgan fingerprint density at radius 3 is 2.78 bits per heavy atom. The van der Waals surface area contributed by atoms with Gasteiger partial charge in [-0.15, -0.1) is 0 Å². The topological polar surface area (TPSA) is 35.5 Å². The average molecular weight is 248 g/mol. The van der Waals surface area contributed by atoms with Gasteiger partial charge in [0.25, 0.3) is 0 Å². The molecule has 18 heavy (non-hydrogen) atoms. The van der Waals surface area contributed by atoms with E-state index >= 15 is 0 Å². The molecule has 3 heteroatoms. The summed E-state index contributed by atoms with van der Waals surface area (Å²) in [7, 11) is 0. The van der Waals surface area contributed by atoms with E-state index in [0.717, 1.165) is 25.2 Å². The summed E-state index contributed by atoms with van der Waals surface area (Å²) in [6.07, 6.45) is 2.55. The molecule has 0 radical (unpaired) electrons. The maximum absolute atomic E-state index is 9.86. The molecule has 0 spiro atoms. The molecule has 1 aliphatic heterocycles. The number of phenolic OH excluding ortho intramolecular Hbond substituents is 1. The van der Waals surface area contributed by atoms with E-state index in [1.807, 2.05) is 18.2 Å². The molecule has 0 saturated carbocycles. The minimum absolute atomic E-state index is 0.405. The number of nitrogens with one attached hydrogen (secondary N) is 1. The zero-order valence-corrected chi connectivity index (χ0v) is 11.4. The Morgan fingerprint density at radius 1 is 1.39 bits per heavy atom. The van der Waals surface area contributed by atoms with E-state index in [-0.39, 0.29) is 0 Å². The molecule has 1 unspecified atom stereocenters. The van der Waals surface area contributed by atoms with E-state index in [4.69, 9.17) is 0 Å². The van der Waals surface area contributed by atoms with Crippen molar-refractivity contribution in [3.05, 3.63) is 29.8 Å². The van der Waals surface area contributed by atoms with Gasteiger partial charge in [0.05, 0.1) is 0 Å². The molecule has 1 heterocycles. The molecule has 0 aromatic heterocycles. The van der Waals surface area contributed by atoms with Crippen molar-refractivity contribution in [2.24, 2.45) is 0 Å². The second-order valence-corrected chi connectivity index (χ2v) is 5.45. The molecule has 0 aliphatic carbocycles. The van der Waals surface area contributed by atoms with Crippen LogP contribution in [0, 0.1) is 0 Å². The van der Waals surface area contributed by atoms with Crippen LogP contribution in [-0.4, -0.2) is 35.2 Å². The number of rotatable bonds is 5. The molecular weight excluding hydrogens is 224 g/mol. The van der Waals surface area contributed by atoms with Crippen molar-refractivity contribution >= 4 is 0 Å². The second kappa shape index (κ2) is 6.21. The first-order valence-electron chi connectivity index (χ1n) is 6.91. The maximum atomic E-state index is 9.86. The van der Waals surface area contributed by atoms with Crippen LogP contribution in [0.4, 0.5) is 0 Å². The van der Waals surface area contributed by atoms with Crippen LogP contribution in [0.1, 0.15) is 32.3 Å². The molecule has 1 aromatic carbocycles. The summed E-state index contributed by atoms with van der Waals surface area (Å²) in [6.45, 7) is 7.46. The monoisotopic (exact) mass is 248 g/mol. The van der Waals surface area contributed by atoms with Gasteiger partial charge in [-0.1, -0.05) is 18.2 Å². The van der Waals surface area contributed by atoms with Gasteiger partial charge in [-0.25, -0.2) is 0 Å². The fourth-order valence-electron chi connectivity index (χ4n) is 2.52. The average Bonchev–Trinajstić information content (AvgIpc) is 2.83. The highest BCUT2D eigenvalue weighted by Gasteiger charge is 2.20. The van der Waals surface area contributed by atoms with E-state index in [2.05, 4.69) is 24.1 Å². The van der Waals surface area contributed by atoms with Gasteiger partial charge >= 0.3 is 0 Å². The number of hydrogen-bond acceptors (Lipinski definition) is 3. The number of benzene rings is 1. The lowest BCUT2D eigenvalue weighted by molar-refractivity contribution is 0.192. The minimum Gasteiger partial charge on any atom is -0.508 e. The summed E-state index contributed by atoms with van der Waals surface area (Å²) < 4.78 is 0. The number of nitrogens with zero attached hydrogens (tertiary/aromatic N) is 1. The van der Waals surface area contributed by atoms with Crippen molar-refractivity contribution in [2.45, 2.75) is 45.3 Å². The molecule has 1 atom stereocenters. The van der Waals surface area contributed by atoms with Gasteiger partial charge in [-0.3, -0.25) is 4.90 Å². The van der Waals surface area contributed by atoms with Crippen molar-refractivity contribution in [1.29, 1.82) is 0 Å². The summed E-state index contributed by atoms with van der Waals surface area (Å²) in [5.74, 6) is 0.405. The second-order valence-electron chi connectivity index (χ2n) is 5.45. The summed E-state index contributed by atoms with van der Waals surface area (Å²) in [5.41, 5.74) is 1.02. The van der Waals surface area contributed by atoms with Crippen LogP contribution in [0.2, 0.25) is 0 Å². The number of hydrogen-bond donors (Lipinski definition) is 2. The van der Waals surface area contributed by atoms with Crippen LogP contribution in [0.3, 0.4) is 0 Å². The van der Waals surface area contributed by atoms with Crippen molar-refractivity contribution in [3.8, 4) is 5.75 Å². The Balaban J connectivity index is 1.99. The van der Waals surface area contributed by atoms with E-state index in [0.29, 0.717) is 17.8 Å². The lowest BCUT2D eigenvalue weighted by Crippen LogP contribution is -2.40. The normalized spacial score (nSPS) is 19.9. The van der Waals surface area contributed by atoms with Gasteiger partial charge < -0.3 is 10.4 Å². The molecule has 3 nitrogen and oxygen atoms in total. The quantitative estimate of drug-likeness (QED) is 0.839. The third kappa shape index (κ3) is 3.47. The largest absolute Gasteiger partial charge is 0.508 e. The molecule has 100 valence electrons. The summed E-state index contributed by atoms with van der Waals surface area (Å²) in [4.78, 5) is 2.43. The van der Waals surface area contributed by atoms with Gasteiger partial charge in [0.2, 0.25) is 0 Å². The fraction of sp³-hybridized carbons (Fsp3) is 0.600. The van der Waals surface area contributed by atoms with Crippen LogP contribution < -0.4 is 5.32 Å². The van der Waals surface area contributed by atoms with Gasteiger partial charge in [-0.05, 0) is 39.3 Å². The van der Waals surface area contributed by atoms with E-state index in [1.165, 1.54) is 12.8 Å². The first-order chi connectivity index (χ1) is 8.66. The molecular formula is C15H24N2O. The lowest BCUT2D eigenvalue weighted by Gasteiger charge is -2.29. The first kappa shape index (κ1) is 13.4. The SMILES string of the molecule is CC(C)N(Cc1ccccc1O)CC1CCCN1. The summed E-state index contributed by atoms with van der Waals surface area (Å²) >= 11 is 0. The number of aromatic hydroxyl groups is 1. The van der Waals surface area contributed by atoms with E-state index in [1.54, 1.807) is 6.07 Å². The van der Waals surface area contributed by atoms with Gasteiger partial charge in [0.15, 0.2) is 0 Å². The van der Waals surface area contributed by atoms with Crippen molar-refractivity contribution < 1.29 is 5.11 Å². The third-order valence-electron chi connectivity index (χ3n) is 3.71. The fourth-order valence-corrected chi connectivity index (χ4v) is 2.52. The van der Waals surface area contributed by atoms with Crippen LogP contribution in [0.5, 0.6) is 5.75 Å². The van der Waals surface area contributed by atoms with Crippen molar-refractivity contribution in [3.63, 3.8) is 0 Å². The van der Waals surface area contributed by atoms with E-state index < -0.39 is 0 Å². The first-order valence-corrected chi connectivity index (χ1v) is 6.91. The highest BCUT2D eigenvalue weighted by atomic mass is 16.3. The Bertz CT molecular complexity index is 373. The Hall–Kier alpha value is -1.06. The Morgan fingerprint density at radius 2 is 2.17 bits per heavy atom. The molecule has 2 N–H and O–H groups in total. The van der Waals surface area contributed by atoms with Crippen molar-refractivity contribution in [2.75, 3.05) is 13.1 Å². The standard InChI is InChI=1S/C15H24N2O/c1-12(2)17(11-14-7-5-9-16-14)10-13-6-3-4-8-15(13)18/h3-4,6,8,12,14,16,18H,5,7,9-11H2,1-2H3. The molecule has 1 aliphatic rings. The number of phenols is 1. The number of para-hydroxylation sites is 1. The summed E-state index contributed by atoms with van der Waals surface area (Å²) in [5, 5.41) is 13.4. The predicted molar refractivity (Wildman–Crippen MR) is 74.7 cm³/mol.